The number of carboxylic acids is 1. The molecule has 1 unspecified atom stereocenters. The molecule has 2 aliphatic heterocycles. The van der Waals surface area contributed by atoms with E-state index in [1.807, 2.05) is 0 Å². The SMILES string of the molecule is Cn1nnnc1SCC1=C(C(=O)OCc2ccc([N+](=O)[O-])cc2)N2C(=O)C(NC(=O)c3ccccc3C(=O)O)[C@H]2SC1. The number of thioether (sulfide) groups is 2. The minimum Gasteiger partial charge on any atom is -0.478 e. The molecule has 3 aromatic rings. The van der Waals surface area contributed by atoms with Crippen LogP contribution in [0.5, 0.6) is 0 Å². The molecule has 2 aliphatic rings. The number of nitrogens with one attached hydrogen (secondary N) is 1. The van der Waals surface area contributed by atoms with Crippen LogP contribution >= 0.6 is 23.5 Å². The summed E-state index contributed by atoms with van der Waals surface area (Å²) in [7, 11) is 1.66. The minimum atomic E-state index is -1.28. The van der Waals surface area contributed by atoms with Gasteiger partial charge in [0.2, 0.25) is 5.16 Å². The van der Waals surface area contributed by atoms with Crippen molar-refractivity contribution < 1.29 is 33.9 Å². The number of fused-ring (bicyclic) bond motifs is 1. The van der Waals surface area contributed by atoms with Gasteiger partial charge < -0.3 is 15.2 Å². The van der Waals surface area contributed by atoms with E-state index in [1.165, 1.54) is 81.6 Å². The highest BCUT2D eigenvalue weighted by molar-refractivity contribution is 8.01. The number of hydrogen-bond acceptors (Lipinski definition) is 12. The van der Waals surface area contributed by atoms with E-state index < -0.39 is 40.1 Å². The van der Waals surface area contributed by atoms with Crippen LogP contribution in [0.15, 0.2) is 65.0 Å². The van der Waals surface area contributed by atoms with Crippen LogP contribution in [-0.2, 0) is 28.0 Å². The topological polar surface area (TPSA) is 200 Å². The number of hydrogen-bond donors (Lipinski definition) is 2. The van der Waals surface area contributed by atoms with Crippen LogP contribution in [0.2, 0.25) is 0 Å². The maximum absolute atomic E-state index is 13.4. The molecule has 0 radical (unpaired) electrons. The van der Waals surface area contributed by atoms with Gasteiger partial charge in [0.25, 0.3) is 17.5 Å². The van der Waals surface area contributed by atoms with E-state index in [2.05, 4.69) is 20.8 Å². The van der Waals surface area contributed by atoms with E-state index in [9.17, 15) is 34.4 Å². The first-order valence-electron chi connectivity index (χ1n) is 12.2. The summed E-state index contributed by atoms with van der Waals surface area (Å²) >= 11 is 2.60. The van der Waals surface area contributed by atoms with Crippen LogP contribution in [0.3, 0.4) is 0 Å². The van der Waals surface area contributed by atoms with Gasteiger partial charge in [0.05, 0.1) is 16.1 Å². The monoisotopic (exact) mass is 611 g/mol. The predicted octanol–water partition coefficient (Wildman–Crippen LogP) is 1.62. The molecule has 0 aliphatic carbocycles. The molecule has 1 aromatic heterocycles. The van der Waals surface area contributed by atoms with Gasteiger partial charge >= 0.3 is 11.9 Å². The fraction of sp³-hybridized carbons (Fsp3) is 0.240. The van der Waals surface area contributed by atoms with E-state index >= 15 is 0 Å². The second-order valence-electron chi connectivity index (χ2n) is 9.04. The molecule has 1 saturated heterocycles. The number of β-lactam (4-membered cyclic amide) rings is 1. The van der Waals surface area contributed by atoms with Crippen molar-refractivity contribution in [2.24, 2.45) is 7.05 Å². The highest BCUT2D eigenvalue weighted by atomic mass is 32.2. The molecular weight excluding hydrogens is 590 g/mol. The van der Waals surface area contributed by atoms with E-state index in [0.29, 0.717) is 22.0 Å². The zero-order valence-electron chi connectivity index (χ0n) is 21.7. The van der Waals surface area contributed by atoms with Crippen LogP contribution in [0.4, 0.5) is 5.69 Å². The lowest BCUT2D eigenvalue weighted by Crippen LogP contribution is -2.70. The summed E-state index contributed by atoms with van der Waals surface area (Å²) in [5.74, 6) is -2.75. The summed E-state index contributed by atoms with van der Waals surface area (Å²) in [5.41, 5.74) is 0.724. The third-order valence-electron chi connectivity index (χ3n) is 6.40. The Labute approximate surface area is 245 Å². The lowest BCUT2D eigenvalue weighted by atomic mass is 10.0. The van der Waals surface area contributed by atoms with Crippen LogP contribution in [0.1, 0.15) is 26.3 Å². The maximum Gasteiger partial charge on any atom is 0.355 e. The minimum absolute atomic E-state index is 0.0322. The first-order chi connectivity index (χ1) is 20.2. The Morgan fingerprint density at radius 1 is 1.19 bits per heavy atom. The molecule has 15 nitrogen and oxygen atoms in total. The molecule has 216 valence electrons. The Morgan fingerprint density at radius 2 is 1.90 bits per heavy atom. The molecule has 2 aromatic carbocycles. The number of amides is 2. The summed E-state index contributed by atoms with van der Waals surface area (Å²) in [6, 6.07) is 10.2. The summed E-state index contributed by atoms with van der Waals surface area (Å²) in [6.07, 6.45) is 0. The number of esters is 1. The molecule has 5 rings (SSSR count). The zero-order chi connectivity index (χ0) is 30.0. The number of non-ortho nitro benzene ring substituents is 1. The summed E-state index contributed by atoms with van der Waals surface area (Å²) in [6.45, 7) is -0.195. The number of tetrazole rings is 1. The Hall–Kier alpha value is -4.77. The van der Waals surface area contributed by atoms with Gasteiger partial charge in [-0.2, -0.15) is 0 Å². The van der Waals surface area contributed by atoms with Gasteiger partial charge in [-0.25, -0.2) is 14.3 Å². The fourth-order valence-corrected chi connectivity index (χ4v) is 6.63. The van der Waals surface area contributed by atoms with Crippen LogP contribution in [0.25, 0.3) is 0 Å². The standard InChI is InChI=1S/C25H21N7O8S2/c1-30-25(27-28-29-30)42-12-14-11-41-22-18(26-20(33)16-4-2-3-5-17(16)23(35)36)21(34)31(22)19(14)24(37)40-10-13-6-8-15(9-7-13)32(38)39/h2-9,18,22H,10-12H2,1H3,(H,26,33)(H,35,36)/t18?,22-/m1/s1. The number of aromatic nitrogens is 4. The van der Waals surface area contributed by atoms with Crippen LogP contribution in [0, 0.1) is 10.1 Å². The number of benzene rings is 2. The highest BCUT2D eigenvalue weighted by Crippen LogP contribution is 2.42. The van der Waals surface area contributed by atoms with Gasteiger partial charge in [-0.3, -0.25) is 24.6 Å². The highest BCUT2D eigenvalue weighted by Gasteiger charge is 2.54. The number of carboxylic acid groups (broad SMARTS) is 1. The normalized spacial score (nSPS) is 17.7. The van der Waals surface area contributed by atoms with Crippen molar-refractivity contribution >= 4 is 53.0 Å². The number of nitrogens with zero attached hydrogens (tertiary/aromatic N) is 6. The lowest BCUT2D eigenvalue weighted by Gasteiger charge is -2.49. The van der Waals surface area contributed by atoms with E-state index in [4.69, 9.17) is 4.74 Å². The predicted molar refractivity (Wildman–Crippen MR) is 147 cm³/mol. The van der Waals surface area contributed by atoms with Gasteiger partial charge in [0.15, 0.2) is 0 Å². The van der Waals surface area contributed by atoms with E-state index in [-0.39, 0.29) is 34.9 Å². The average Bonchev–Trinajstić information content (AvgIpc) is 3.41. The van der Waals surface area contributed by atoms with Crippen molar-refractivity contribution in [2.75, 3.05) is 11.5 Å². The largest absolute Gasteiger partial charge is 0.478 e. The molecule has 0 saturated carbocycles. The number of ether oxygens (including phenoxy) is 1. The van der Waals surface area contributed by atoms with Gasteiger partial charge in [-0.1, -0.05) is 23.9 Å². The summed E-state index contributed by atoms with van der Waals surface area (Å²) in [4.78, 5) is 62.9. The molecule has 3 heterocycles. The second kappa shape index (κ2) is 12.0. The quantitative estimate of drug-likeness (QED) is 0.110. The number of nitro groups is 1. The van der Waals surface area contributed by atoms with Crippen molar-refractivity contribution in [3.8, 4) is 0 Å². The smallest absolute Gasteiger partial charge is 0.355 e. The van der Waals surface area contributed by atoms with Gasteiger partial charge in [-0.15, -0.1) is 16.9 Å². The number of nitro benzene ring substituents is 1. The Kier molecular flexibility index (Phi) is 8.21. The van der Waals surface area contributed by atoms with Crippen molar-refractivity contribution in [1.82, 2.24) is 30.4 Å². The number of aromatic carboxylic acids is 1. The van der Waals surface area contributed by atoms with Crippen molar-refractivity contribution in [2.45, 2.75) is 23.2 Å². The fourth-order valence-electron chi connectivity index (χ4n) is 4.30. The molecule has 2 atom stereocenters. The Bertz CT molecular complexity index is 1620. The molecule has 2 N–H and O–H groups in total. The van der Waals surface area contributed by atoms with Crippen molar-refractivity contribution in [3.05, 3.63) is 86.6 Å². The van der Waals surface area contributed by atoms with Gasteiger partial charge in [0.1, 0.15) is 23.7 Å². The Balaban J connectivity index is 1.35. The first-order valence-corrected chi connectivity index (χ1v) is 14.2. The van der Waals surface area contributed by atoms with E-state index in [0.717, 1.165) is 0 Å². The maximum atomic E-state index is 13.4. The lowest BCUT2D eigenvalue weighted by molar-refractivity contribution is -0.384. The summed E-state index contributed by atoms with van der Waals surface area (Å²) < 4.78 is 6.97. The van der Waals surface area contributed by atoms with Gasteiger partial charge in [-0.05, 0) is 45.8 Å². The third kappa shape index (κ3) is 5.68. The molecule has 42 heavy (non-hydrogen) atoms. The number of carbonyl (C=O) groups is 4. The molecular formula is C25H21N7O8S2. The average molecular weight is 612 g/mol. The van der Waals surface area contributed by atoms with Crippen molar-refractivity contribution in [1.29, 1.82) is 0 Å². The van der Waals surface area contributed by atoms with Crippen LogP contribution in [-0.4, -0.2) is 81.8 Å². The van der Waals surface area contributed by atoms with Gasteiger partial charge in [0, 0.05) is 30.7 Å². The van der Waals surface area contributed by atoms with Crippen LogP contribution < -0.4 is 5.32 Å². The van der Waals surface area contributed by atoms with Crippen molar-refractivity contribution in [3.63, 3.8) is 0 Å². The first kappa shape index (κ1) is 28.7. The molecule has 1 fully saturated rings. The third-order valence-corrected chi connectivity index (χ3v) is 8.84. The molecule has 17 heteroatoms. The summed E-state index contributed by atoms with van der Waals surface area (Å²) in [5, 5.41) is 34.1. The Morgan fingerprint density at radius 3 is 2.55 bits per heavy atom. The molecule has 2 amide bonds. The molecule has 0 spiro atoms. The molecule has 0 bridgehead atoms. The number of carbonyl (C=O) groups excluding carboxylic acids is 3. The zero-order valence-corrected chi connectivity index (χ0v) is 23.3. The second-order valence-corrected chi connectivity index (χ2v) is 11.1. The number of rotatable bonds is 10. The van der Waals surface area contributed by atoms with E-state index in [1.54, 1.807) is 7.05 Å². The number of aryl methyl sites for hydroxylation is 1.